The standard InChI is InChI=1S/C28H38O19/c1-11(29)37-9-19-21(39-12(2)30)23(41-14(4)32)25(43-16(6)34)27(46-19)38-10-20-22(40-13(3)31)24(42-15(5)33)26(44-17(7)35)28(47-20)45-18(8)36/h19-28H,9-10H2,1-8H3/t19-,20+,21+,22-,23-,24-,25-,26+,27-,28-/m1/s1. The van der Waals surface area contributed by atoms with Gasteiger partial charge in [-0.05, 0) is 0 Å². The van der Waals surface area contributed by atoms with Gasteiger partial charge in [0.1, 0.15) is 18.8 Å². The smallest absolute Gasteiger partial charge is 0.305 e. The minimum atomic E-state index is -1.71. The van der Waals surface area contributed by atoms with E-state index in [0.29, 0.717) is 0 Å². The summed E-state index contributed by atoms with van der Waals surface area (Å²) in [7, 11) is 0. The second-order valence-electron chi connectivity index (χ2n) is 10.3. The molecule has 264 valence electrons. The summed E-state index contributed by atoms with van der Waals surface area (Å²) in [6.45, 7) is 7.09. The summed E-state index contributed by atoms with van der Waals surface area (Å²) in [6, 6.07) is 0. The maximum Gasteiger partial charge on any atom is 0.305 e. The molecular formula is C28H38O19. The second-order valence-corrected chi connectivity index (χ2v) is 10.3. The number of hydrogen-bond acceptors (Lipinski definition) is 19. The Morgan fingerprint density at radius 3 is 1.09 bits per heavy atom. The number of carbonyl (C=O) groups excluding carboxylic acids is 8. The monoisotopic (exact) mass is 678 g/mol. The van der Waals surface area contributed by atoms with Gasteiger partial charge in [0.05, 0.1) is 6.61 Å². The van der Waals surface area contributed by atoms with Crippen LogP contribution in [0.1, 0.15) is 55.4 Å². The number of hydrogen-bond donors (Lipinski definition) is 0. The zero-order chi connectivity index (χ0) is 35.6. The van der Waals surface area contributed by atoms with Crippen molar-refractivity contribution in [3.63, 3.8) is 0 Å². The van der Waals surface area contributed by atoms with Gasteiger partial charge < -0.3 is 52.1 Å². The first-order valence-corrected chi connectivity index (χ1v) is 14.2. The molecule has 2 rings (SSSR count). The average molecular weight is 679 g/mol. The first-order chi connectivity index (χ1) is 21.9. The molecule has 2 heterocycles. The summed E-state index contributed by atoms with van der Waals surface area (Å²) in [4.78, 5) is 95.9. The molecule has 47 heavy (non-hydrogen) atoms. The third-order valence-electron chi connectivity index (χ3n) is 6.15. The number of esters is 8. The van der Waals surface area contributed by atoms with Gasteiger partial charge in [0, 0.05) is 55.4 Å². The molecule has 0 aromatic heterocycles. The van der Waals surface area contributed by atoms with Crippen LogP contribution in [0.4, 0.5) is 0 Å². The van der Waals surface area contributed by atoms with E-state index in [-0.39, 0.29) is 0 Å². The average Bonchev–Trinajstić information content (AvgIpc) is 2.91. The Bertz CT molecular complexity index is 1200. The van der Waals surface area contributed by atoms with Crippen molar-refractivity contribution < 1.29 is 90.5 Å². The molecule has 2 aliphatic heterocycles. The van der Waals surface area contributed by atoms with Crippen molar-refractivity contribution in [2.75, 3.05) is 13.2 Å². The highest BCUT2D eigenvalue weighted by Gasteiger charge is 2.56. The lowest BCUT2D eigenvalue weighted by Gasteiger charge is -2.46. The lowest BCUT2D eigenvalue weighted by Crippen LogP contribution is -2.65. The van der Waals surface area contributed by atoms with Gasteiger partial charge in [-0.15, -0.1) is 0 Å². The molecule has 0 unspecified atom stereocenters. The van der Waals surface area contributed by atoms with Crippen LogP contribution in [0.25, 0.3) is 0 Å². The zero-order valence-corrected chi connectivity index (χ0v) is 26.9. The van der Waals surface area contributed by atoms with Crippen LogP contribution in [0.5, 0.6) is 0 Å². The van der Waals surface area contributed by atoms with E-state index in [1.807, 2.05) is 0 Å². The SMILES string of the molecule is CC(=O)OC[C@H]1O[C@@H](OC[C@@H]2O[C@@H](OC(C)=O)[C@@H](OC(C)=O)[C@H](OC(C)=O)[C@@H]2OC(C)=O)[C@H](OC(C)=O)[C@H](OC(C)=O)[C@H]1OC(C)=O. The molecule has 10 atom stereocenters. The molecule has 0 aromatic rings. The van der Waals surface area contributed by atoms with Crippen LogP contribution in [0.3, 0.4) is 0 Å². The first-order valence-electron chi connectivity index (χ1n) is 14.2. The molecule has 0 aromatic carbocycles. The van der Waals surface area contributed by atoms with Crippen molar-refractivity contribution in [3.05, 3.63) is 0 Å². The van der Waals surface area contributed by atoms with Crippen LogP contribution in [0.15, 0.2) is 0 Å². The van der Waals surface area contributed by atoms with E-state index >= 15 is 0 Å². The molecule has 0 spiro atoms. The lowest BCUT2D eigenvalue weighted by atomic mass is 9.97. The van der Waals surface area contributed by atoms with Gasteiger partial charge in [0.25, 0.3) is 0 Å². The fraction of sp³-hybridized carbons (Fsp3) is 0.714. The van der Waals surface area contributed by atoms with E-state index in [1.165, 1.54) is 0 Å². The van der Waals surface area contributed by atoms with Crippen molar-refractivity contribution in [1.29, 1.82) is 0 Å². The molecule has 2 saturated heterocycles. The number of ether oxygens (including phenoxy) is 11. The first kappa shape index (κ1) is 38.8. The normalized spacial score (nSPS) is 30.0. The lowest BCUT2D eigenvalue weighted by molar-refractivity contribution is -0.331. The second kappa shape index (κ2) is 17.5. The van der Waals surface area contributed by atoms with Crippen molar-refractivity contribution >= 4 is 47.8 Å². The van der Waals surface area contributed by atoms with E-state index in [2.05, 4.69) is 0 Å². The quantitative estimate of drug-likeness (QED) is 0.181. The molecule has 0 bridgehead atoms. The van der Waals surface area contributed by atoms with Crippen LogP contribution in [-0.2, 0) is 90.5 Å². The Balaban J connectivity index is 2.56. The fourth-order valence-electron chi connectivity index (χ4n) is 4.76. The number of carbonyl (C=O) groups is 8. The maximum atomic E-state index is 12.1. The van der Waals surface area contributed by atoms with Crippen molar-refractivity contribution in [3.8, 4) is 0 Å². The summed E-state index contributed by atoms with van der Waals surface area (Å²) in [6.07, 6.45) is -15.6. The van der Waals surface area contributed by atoms with Gasteiger partial charge >= 0.3 is 47.8 Å². The van der Waals surface area contributed by atoms with E-state index in [1.54, 1.807) is 0 Å². The molecule has 19 nitrogen and oxygen atoms in total. The van der Waals surface area contributed by atoms with Crippen molar-refractivity contribution in [1.82, 2.24) is 0 Å². The van der Waals surface area contributed by atoms with E-state index in [4.69, 9.17) is 52.1 Å². The molecule has 0 amide bonds. The minimum Gasteiger partial charge on any atom is -0.463 e. The highest BCUT2D eigenvalue weighted by Crippen LogP contribution is 2.33. The van der Waals surface area contributed by atoms with Crippen LogP contribution in [-0.4, -0.2) is 122 Å². The Morgan fingerprint density at radius 1 is 0.383 bits per heavy atom. The van der Waals surface area contributed by atoms with Gasteiger partial charge in [-0.25, -0.2) is 0 Å². The van der Waals surface area contributed by atoms with Gasteiger partial charge in [-0.2, -0.15) is 0 Å². The van der Waals surface area contributed by atoms with Crippen LogP contribution < -0.4 is 0 Å². The third-order valence-corrected chi connectivity index (χ3v) is 6.15. The molecule has 19 heteroatoms. The van der Waals surface area contributed by atoms with Gasteiger partial charge in [0.2, 0.25) is 12.4 Å². The van der Waals surface area contributed by atoms with Crippen molar-refractivity contribution in [2.45, 2.75) is 117 Å². The Kier molecular flexibility index (Phi) is 14.5. The predicted molar refractivity (Wildman–Crippen MR) is 145 cm³/mol. The topological polar surface area (TPSA) is 238 Å². The van der Waals surface area contributed by atoms with E-state index in [9.17, 15) is 38.4 Å². The Labute approximate surface area is 268 Å². The summed E-state index contributed by atoms with van der Waals surface area (Å²) in [5, 5.41) is 0. The van der Waals surface area contributed by atoms with E-state index < -0.39 is 122 Å². The molecule has 0 N–H and O–H groups in total. The van der Waals surface area contributed by atoms with Crippen LogP contribution in [0, 0.1) is 0 Å². The molecule has 2 aliphatic rings. The van der Waals surface area contributed by atoms with Crippen molar-refractivity contribution in [2.24, 2.45) is 0 Å². The molecule has 0 saturated carbocycles. The zero-order valence-electron chi connectivity index (χ0n) is 26.9. The summed E-state index contributed by atoms with van der Waals surface area (Å²) >= 11 is 0. The molecule has 2 fully saturated rings. The third kappa shape index (κ3) is 12.1. The van der Waals surface area contributed by atoms with Gasteiger partial charge in [-0.3, -0.25) is 38.4 Å². The summed E-state index contributed by atoms with van der Waals surface area (Å²) in [5.41, 5.74) is 0. The summed E-state index contributed by atoms with van der Waals surface area (Å²) < 4.78 is 59.8. The van der Waals surface area contributed by atoms with Crippen LogP contribution in [0.2, 0.25) is 0 Å². The highest BCUT2D eigenvalue weighted by molar-refractivity contribution is 5.70. The van der Waals surface area contributed by atoms with Crippen LogP contribution >= 0.6 is 0 Å². The summed E-state index contributed by atoms with van der Waals surface area (Å²) in [5.74, 6) is -6.93. The predicted octanol–water partition coefficient (Wildman–Crippen LogP) is -0.831. The van der Waals surface area contributed by atoms with Gasteiger partial charge in [-0.1, -0.05) is 0 Å². The molecule has 0 radical (unpaired) electrons. The Hall–Kier alpha value is -4.36. The number of rotatable bonds is 12. The minimum absolute atomic E-state index is 0.541. The largest absolute Gasteiger partial charge is 0.463 e. The maximum absolute atomic E-state index is 12.1. The molecule has 0 aliphatic carbocycles. The molecular weight excluding hydrogens is 640 g/mol. The van der Waals surface area contributed by atoms with E-state index in [0.717, 1.165) is 55.4 Å². The Morgan fingerprint density at radius 2 is 0.702 bits per heavy atom. The van der Waals surface area contributed by atoms with Gasteiger partial charge in [0.15, 0.2) is 36.8 Å². The highest BCUT2D eigenvalue weighted by atomic mass is 16.8. The fourth-order valence-corrected chi connectivity index (χ4v) is 4.76.